The van der Waals surface area contributed by atoms with Gasteiger partial charge in [0.15, 0.2) is 5.60 Å². The second kappa shape index (κ2) is 8.93. The molecule has 2 heterocycles. The van der Waals surface area contributed by atoms with E-state index in [1.807, 2.05) is 19.1 Å². The number of ether oxygens (including phenoxy) is 1. The molecule has 2 aliphatic heterocycles. The number of anilines is 1. The highest BCUT2D eigenvalue weighted by atomic mass is 16.5. The molecule has 0 aliphatic carbocycles. The van der Waals surface area contributed by atoms with Crippen LogP contribution < -0.4 is 4.90 Å². The number of likely N-dealkylation sites (N-methyl/N-ethyl adjacent to an activating group) is 1. The van der Waals surface area contributed by atoms with Gasteiger partial charge in [-0.15, -0.1) is 0 Å². The number of hydrogen-bond donors (Lipinski definition) is 1. The zero-order valence-corrected chi connectivity index (χ0v) is 22.8. The van der Waals surface area contributed by atoms with E-state index in [2.05, 4.69) is 109 Å². The average molecular weight is 504 g/mol. The normalized spacial score (nSPS) is 23.8. The van der Waals surface area contributed by atoms with Crippen LogP contribution in [0.15, 0.2) is 96.7 Å². The molecular formula is C34H35N2O2+. The fraction of sp³-hybridized carbons (Fsp3) is 0.265. The molecule has 4 aromatic carbocycles. The summed E-state index contributed by atoms with van der Waals surface area (Å²) >= 11 is 0. The smallest absolute Gasteiger partial charge is 0.218 e. The molecule has 192 valence electrons. The van der Waals surface area contributed by atoms with Crippen LogP contribution in [0, 0.1) is 0 Å². The van der Waals surface area contributed by atoms with Gasteiger partial charge in [0.2, 0.25) is 11.4 Å². The van der Waals surface area contributed by atoms with Crippen molar-refractivity contribution in [3.8, 4) is 0 Å². The van der Waals surface area contributed by atoms with E-state index in [1.165, 1.54) is 22.0 Å². The molecular weight excluding hydrogens is 468 g/mol. The standard InChI is InChI=1S/C34H35N2O2/c1-6-35-27-21-19-23-13-8-10-15-25(23)31(27)33(3,37)29(35)17-12-18-30-34(4,38-5)32-26-16-11-9-14-24(26)20-22-28(32)36(30)7-2/h8-22,37H,6-7H2,1-5H3/q+1. The predicted molar refractivity (Wildman–Crippen MR) is 158 cm³/mol. The van der Waals surface area contributed by atoms with Crippen molar-refractivity contribution < 1.29 is 14.4 Å². The number of fused-ring (bicyclic) bond motifs is 6. The topological polar surface area (TPSA) is 35.7 Å². The highest BCUT2D eigenvalue weighted by Crippen LogP contribution is 2.51. The van der Waals surface area contributed by atoms with Gasteiger partial charge in [-0.2, -0.15) is 4.58 Å². The van der Waals surface area contributed by atoms with E-state index in [1.54, 1.807) is 7.11 Å². The van der Waals surface area contributed by atoms with Gasteiger partial charge in [0.05, 0.1) is 11.3 Å². The molecule has 0 radical (unpaired) electrons. The number of rotatable bonds is 5. The highest BCUT2D eigenvalue weighted by Gasteiger charge is 2.48. The van der Waals surface area contributed by atoms with Crippen LogP contribution in [0.25, 0.3) is 21.5 Å². The second-order valence-corrected chi connectivity index (χ2v) is 10.5. The molecule has 4 heteroatoms. The third kappa shape index (κ3) is 3.34. The largest absolute Gasteiger partial charge is 0.374 e. The Bertz CT molecular complexity index is 1680. The molecule has 0 amide bonds. The molecule has 2 aliphatic rings. The Hall–Kier alpha value is -3.73. The van der Waals surface area contributed by atoms with Crippen LogP contribution in [0.1, 0.15) is 38.8 Å². The zero-order chi connectivity index (χ0) is 26.7. The predicted octanol–water partition coefficient (Wildman–Crippen LogP) is 7.16. The minimum Gasteiger partial charge on any atom is -0.374 e. The summed E-state index contributed by atoms with van der Waals surface area (Å²) in [5.74, 6) is 0. The maximum absolute atomic E-state index is 11.9. The van der Waals surface area contributed by atoms with Crippen molar-refractivity contribution in [1.29, 1.82) is 0 Å². The molecule has 0 aromatic heterocycles. The molecule has 0 spiro atoms. The van der Waals surface area contributed by atoms with Crippen molar-refractivity contribution in [2.75, 3.05) is 25.1 Å². The van der Waals surface area contributed by atoms with Gasteiger partial charge in [-0.3, -0.25) is 0 Å². The lowest BCUT2D eigenvalue weighted by molar-refractivity contribution is -0.434. The molecule has 0 saturated carbocycles. The average Bonchev–Trinajstić information content (AvgIpc) is 3.32. The number of benzene rings is 4. The van der Waals surface area contributed by atoms with Crippen LogP contribution in [0.3, 0.4) is 0 Å². The van der Waals surface area contributed by atoms with E-state index >= 15 is 0 Å². The Morgan fingerprint density at radius 3 is 2.13 bits per heavy atom. The molecule has 6 rings (SSSR count). The summed E-state index contributed by atoms with van der Waals surface area (Å²) in [6.45, 7) is 9.98. The summed E-state index contributed by atoms with van der Waals surface area (Å²) in [6, 6.07) is 25.5. The van der Waals surface area contributed by atoms with Crippen molar-refractivity contribution >= 4 is 38.6 Å². The van der Waals surface area contributed by atoms with Crippen molar-refractivity contribution in [1.82, 2.24) is 0 Å². The van der Waals surface area contributed by atoms with Crippen molar-refractivity contribution in [2.45, 2.75) is 38.9 Å². The Morgan fingerprint density at radius 2 is 1.50 bits per heavy atom. The molecule has 0 saturated heterocycles. The molecule has 0 fully saturated rings. The fourth-order valence-electron chi connectivity index (χ4n) is 6.64. The first kappa shape index (κ1) is 24.6. The third-order valence-corrected chi connectivity index (χ3v) is 8.48. The summed E-state index contributed by atoms with van der Waals surface area (Å²) in [6.07, 6.45) is 6.29. The van der Waals surface area contributed by atoms with Gasteiger partial charge in [-0.1, -0.05) is 60.7 Å². The fourth-order valence-corrected chi connectivity index (χ4v) is 6.64. The van der Waals surface area contributed by atoms with E-state index in [-0.39, 0.29) is 0 Å². The number of aliphatic hydroxyl groups is 1. The first-order valence-corrected chi connectivity index (χ1v) is 13.5. The Kier molecular flexibility index (Phi) is 5.78. The Morgan fingerprint density at radius 1 is 0.868 bits per heavy atom. The van der Waals surface area contributed by atoms with Crippen LogP contribution >= 0.6 is 0 Å². The lowest BCUT2D eigenvalue weighted by atomic mass is 9.88. The van der Waals surface area contributed by atoms with E-state index < -0.39 is 11.2 Å². The third-order valence-electron chi connectivity index (χ3n) is 8.48. The Balaban J connectivity index is 1.47. The van der Waals surface area contributed by atoms with E-state index in [0.29, 0.717) is 0 Å². The van der Waals surface area contributed by atoms with Crippen molar-refractivity contribution in [3.63, 3.8) is 0 Å². The van der Waals surface area contributed by atoms with E-state index in [4.69, 9.17) is 4.74 Å². The minimum atomic E-state index is -1.11. The van der Waals surface area contributed by atoms with Gasteiger partial charge in [0.1, 0.15) is 12.1 Å². The van der Waals surface area contributed by atoms with Gasteiger partial charge < -0.3 is 14.7 Å². The summed E-state index contributed by atoms with van der Waals surface area (Å²) in [4.78, 5) is 2.34. The summed E-state index contributed by atoms with van der Waals surface area (Å²) in [5.41, 5.74) is 4.70. The number of methoxy groups -OCH3 is 1. The highest BCUT2D eigenvalue weighted by molar-refractivity contribution is 6.06. The first-order chi connectivity index (χ1) is 18.4. The van der Waals surface area contributed by atoms with E-state index in [0.717, 1.165) is 46.5 Å². The maximum atomic E-state index is 11.9. The molecule has 2 atom stereocenters. The zero-order valence-electron chi connectivity index (χ0n) is 22.8. The monoisotopic (exact) mass is 503 g/mol. The quantitative estimate of drug-likeness (QED) is 0.294. The van der Waals surface area contributed by atoms with Crippen LogP contribution in [0.2, 0.25) is 0 Å². The molecule has 2 unspecified atom stereocenters. The number of hydrogen-bond acceptors (Lipinski definition) is 3. The van der Waals surface area contributed by atoms with Crippen LogP contribution in [0.4, 0.5) is 11.4 Å². The second-order valence-electron chi connectivity index (χ2n) is 10.5. The molecule has 4 aromatic rings. The first-order valence-electron chi connectivity index (χ1n) is 13.5. The minimum absolute atomic E-state index is 0.594. The lowest BCUT2D eigenvalue weighted by Gasteiger charge is -2.28. The summed E-state index contributed by atoms with van der Waals surface area (Å²) < 4.78 is 8.50. The number of allylic oxidation sites excluding steroid dienone is 2. The maximum Gasteiger partial charge on any atom is 0.218 e. The molecule has 0 bridgehead atoms. The number of nitrogens with zero attached hydrogens (tertiary/aromatic N) is 2. The van der Waals surface area contributed by atoms with Gasteiger partial charge in [0.25, 0.3) is 0 Å². The molecule has 1 N–H and O–H groups in total. The van der Waals surface area contributed by atoms with E-state index in [9.17, 15) is 5.11 Å². The van der Waals surface area contributed by atoms with Gasteiger partial charge in [-0.05, 0) is 67.4 Å². The molecule has 38 heavy (non-hydrogen) atoms. The Labute approximate surface area is 224 Å². The summed E-state index contributed by atoms with van der Waals surface area (Å²) in [5, 5.41) is 16.6. The van der Waals surface area contributed by atoms with Gasteiger partial charge >= 0.3 is 0 Å². The van der Waals surface area contributed by atoms with Crippen LogP contribution in [-0.2, 0) is 15.9 Å². The molecule has 4 nitrogen and oxygen atoms in total. The lowest BCUT2D eigenvalue weighted by Crippen LogP contribution is -2.31. The van der Waals surface area contributed by atoms with Crippen molar-refractivity contribution in [2.24, 2.45) is 0 Å². The van der Waals surface area contributed by atoms with Crippen LogP contribution in [0.5, 0.6) is 0 Å². The SMILES string of the molecule is CCN1C(=CC=CC2=[N+](CC)c3ccc4ccccc4c3C2(C)O)C(C)(OC)c2c1ccc1ccccc21. The van der Waals surface area contributed by atoms with Gasteiger partial charge in [0, 0.05) is 37.0 Å². The van der Waals surface area contributed by atoms with Gasteiger partial charge in [-0.25, -0.2) is 0 Å². The van der Waals surface area contributed by atoms with Crippen LogP contribution in [-0.4, -0.2) is 35.6 Å². The summed E-state index contributed by atoms with van der Waals surface area (Å²) in [7, 11) is 1.79. The van der Waals surface area contributed by atoms with Crippen molar-refractivity contribution in [3.05, 3.63) is 108 Å².